The summed E-state index contributed by atoms with van der Waals surface area (Å²) in [5.74, 6) is 0. The maximum Gasteiger partial charge on any atom is 0.101 e. The summed E-state index contributed by atoms with van der Waals surface area (Å²) in [6.07, 6.45) is 6.30. The average molecular weight is 259 g/mol. The Morgan fingerprint density at radius 3 is 2.63 bits per heavy atom. The molecule has 1 atom stereocenters. The van der Waals surface area contributed by atoms with Gasteiger partial charge < -0.3 is 9.67 Å². The molecule has 0 spiro atoms. The lowest BCUT2D eigenvalue weighted by molar-refractivity contribution is 0.166. The van der Waals surface area contributed by atoms with Crippen molar-refractivity contribution in [3.8, 4) is 0 Å². The summed E-state index contributed by atoms with van der Waals surface area (Å²) in [6, 6.07) is 4.34. The molecule has 0 aliphatic heterocycles. The van der Waals surface area contributed by atoms with Gasteiger partial charge in [-0.2, -0.15) is 0 Å². The van der Waals surface area contributed by atoms with Gasteiger partial charge in [0.25, 0.3) is 0 Å². The van der Waals surface area contributed by atoms with Gasteiger partial charge in [-0.05, 0) is 31.9 Å². The minimum atomic E-state index is -0.565. The standard InChI is InChI=1S/C15H21N3O/c1-4-12-5-6-13(17-8-12)7-15(19)14-9-16-10-18(14)11(2)3/h5-6,8-11,15,19H,4,7H2,1-3H3. The van der Waals surface area contributed by atoms with Gasteiger partial charge in [-0.3, -0.25) is 4.98 Å². The smallest absolute Gasteiger partial charge is 0.101 e. The highest BCUT2D eigenvalue weighted by Crippen LogP contribution is 2.20. The Hall–Kier alpha value is -1.68. The molecule has 2 aromatic heterocycles. The van der Waals surface area contributed by atoms with Crippen LogP contribution in [0.4, 0.5) is 0 Å². The van der Waals surface area contributed by atoms with Crippen molar-refractivity contribution < 1.29 is 5.11 Å². The number of hydrogen-bond donors (Lipinski definition) is 1. The number of imidazole rings is 1. The predicted molar refractivity (Wildman–Crippen MR) is 74.9 cm³/mol. The van der Waals surface area contributed by atoms with Crippen molar-refractivity contribution in [2.45, 2.75) is 45.8 Å². The maximum atomic E-state index is 10.3. The van der Waals surface area contributed by atoms with Gasteiger partial charge in [-0.15, -0.1) is 0 Å². The van der Waals surface area contributed by atoms with Crippen molar-refractivity contribution in [1.29, 1.82) is 0 Å². The van der Waals surface area contributed by atoms with E-state index in [2.05, 4.69) is 36.8 Å². The lowest BCUT2D eigenvalue weighted by Gasteiger charge is -2.16. The quantitative estimate of drug-likeness (QED) is 0.898. The van der Waals surface area contributed by atoms with E-state index in [4.69, 9.17) is 0 Å². The van der Waals surface area contributed by atoms with Crippen molar-refractivity contribution in [3.63, 3.8) is 0 Å². The number of aryl methyl sites for hydroxylation is 1. The van der Waals surface area contributed by atoms with E-state index in [1.165, 1.54) is 5.56 Å². The first-order chi connectivity index (χ1) is 9.11. The zero-order valence-electron chi connectivity index (χ0n) is 11.7. The summed E-state index contributed by atoms with van der Waals surface area (Å²) in [4.78, 5) is 8.50. The van der Waals surface area contributed by atoms with Gasteiger partial charge in [-0.25, -0.2) is 4.98 Å². The second kappa shape index (κ2) is 5.97. The van der Waals surface area contributed by atoms with Crippen LogP contribution in [0.5, 0.6) is 0 Å². The van der Waals surface area contributed by atoms with Gasteiger partial charge in [0, 0.05) is 24.4 Å². The molecule has 0 fully saturated rings. The van der Waals surface area contributed by atoms with Crippen LogP contribution < -0.4 is 0 Å². The lowest BCUT2D eigenvalue weighted by atomic mass is 10.1. The fourth-order valence-corrected chi connectivity index (χ4v) is 2.09. The van der Waals surface area contributed by atoms with E-state index in [1.807, 2.05) is 16.8 Å². The second-order valence-electron chi connectivity index (χ2n) is 5.05. The maximum absolute atomic E-state index is 10.3. The molecule has 0 radical (unpaired) electrons. The molecule has 19 heavy (non-hydrogen) atoms. The van der Waals surface area contributed by atoms with Crippen LogP contribution in [0.3, 0.4) is 0 Å². The number of aliphatic hydroxyl groups excluding tert-OH is 1. The molecule has 0 amide bonds. The average Bonchev–Trinajstić information content (AvgIpc) is 2.89. The SMILES string of the molecule is CCc1ccc(CC(O)c2cncn2C(C)C)nc1. The van der Waals surface area contributed by atoms with E-state index in [9.17, 15) is 5.11 Å². The molecule has 2 heterocycles. The Morgan fingerprint density at radius 2 is 2.05 bits per heavy atom. The second-order valence-corrected chi connectivity index (χ2v) is 5.05. The first kappa shape index (κ1) is 13.7. The number of nitrogens with zero attached hydrogens (tertiary/aromatic N) is 3. The van der Waals surface area contributed by atoms with E-state index < -0.39 is 6.10 Å². The van der Waals surface area contributed by atoms with E-state index in [0.29, 0.717) is 12.5 Å². The van der Waals surface area contributed by atoms with Crippen molar-refractivity contribution >= 4 is 0 Å². The molecule has 1 unspecified atom stereocenters. The zero-order valence-corrected chi connectivity index (χ0v) is 11.7. The Kier molecular flexibility index (Phi) is 4.32. The topological polar surface area (TPSA) is 50.9 Å². The predicted octanol–water partition coefficient (Wildman–Crippen LogP) is 2.70. The molecule has 4 heteroatoms. The van der Waals surface area contributed by atoms with Crippen LogP contribution in [0.15, 0.2) is 30.9 Å². The van der Waals surface area contributed by atoms with Crippen molar-refractivity contribution in [2.24, 2.45) is 0 Å². The summed E-state index contributed by atoms with van der Waals surface area (Å²) in [7, 11) is 0. The molecule has 4 nitrogen and oxygen atoms in total. The van der Waals surface area contributed by atoms with Crippen molar-refractivity contribution in [1.82, 2.24) is 14.5 Å². The molecule has 0 aliphatic rings. The molecule has 0 aromatic carbocycles. The van der Waals surface area contributed by atoms with Crippen molar-refractivity contribution in [3.05, 3.63) is 47.8 Å². The molecule has 0 saturated heterocycles. The van der Waals surface area contributed by atoms with Crippen molar-refractivity contribution in [2.75, 3.05) is 0 Å². The first-order valence-electron chi connectivity index (χ1n) is 6.75. The summed E-state index contributed by atoms with van der Waals surface area (Å²) in [6.45, 7) is 6.26. The van der Waals surface area contributed by atoms with Crippen LogP contribution in [0.25, 0.3) is 0 Å². The fourth-order valence-electron chi connectivity index (χ4n) is 2.09. The van der Waals surface area contributed by atoms with Gasteiger partial charge in [0.2, 0.25) is 0 Å². The molecule has 102 valence electrons. The van der Waals surface area contributed by atoms with Crippen LogP contribution in [0.1, 0.15) is 49.9 Å². The van der Waals surface area contributed by atoms with Gasteiger partial charge in [-0.1, -0.05) is 13.0 Å². The molecular weight excluding hydrogens is 238 g/mol. The molecule has 2 aromatic rings. The number of hydrogen-bond acceptors (Lipinski definition) is 3. The van der Waals surface area contributed by atoms with Crippen LogP contribution in [0.2, 0.25) is 0 Å². The molecule has 0 saturated carbocycles. The number of rotatable bonds is 5. The Labute approximate surface area is 114 Å². The Morgan fingerprint density at radius 1 is 1.26 bits per heavy atom. The van der Waals surface area contributed by atoms with Gasteiger partial charge in [0.15, 0.2) is 0 Å². The molecule has 0 aliphatic carbocycles. The molecule has 2 rings (SSSR count). The number of aliphatic hydroxyl groups is 1. The van der Waals surface area contributed by atoms with Crippen LogP contribution >= 0.6 is 0 Å². The number of pyridine rings is 1. The minimum absolute atomic E-state index is 0.294. The van der Waals surface area contributed by atoms with E-state index in [-0.39, 0.29) is 0 Å². The highest BCUT2D eigenvalue weighted by molar-refractivity contribution is 5.16. The monoisotopic (exact) mass is 259 g/mol. The normalized spacial score (nSPS) is 12.9. The minimum Gasteiger partial charge on any atom is -0.386 e. The zero-order chi connectivity index (χ0) is 13.8. The summed E-state index contributed by atoms with van der Waals surface area (Å²) >= 11 is 0. The summed E-state index contributed by atoms with van der Waals surface area (Å²) in [5.41, 5.74) is 2.96. The first-order valence-corrected chi connectivity index (χ1v) is 6.75. The third-order valence-corrected chi connectivity index (χ3v) is 3.29. The van der Waals surface area contributed by atoms with Gasteiger partial charge in [0.1, 0.15) is 6.10 Å². The Bertz CT molecular complexity index is 516. The molecule has 0 bridgehead atoms. The highest BCUT2D eigenvalue weighted by atomic mass is 16.3. The summed E-state index contributed by atoms with van der Waals surface area (Å²) in [5, 5.41) is 10.3. The fraction of sp³-hybridized carbons (Fsp3) is 0.467. The Balaban J connectivity index is 2.11. The highest BCUT2D eigenvalue weighted by Gasteiger charge is 2.15. The van der Waals surface area contributed by atoms with Gasteiger partial charge in [0.05, 0.1) is 18.2 Å². The largest absolute Gasteiger partial charge is 0.386 e. The van der Waals surface area contributed by atoms with E-state index >= 15 is 0 Å². The van der Waals surface area contributed by atoms with Crippen LogP contribution in [-0.4, -0.2) is 19.6 Å². The van der Waals surface area contributed by atoms with Crippen LogP contribution in [0, 0.1) is 0 Å². The molecule has 1 N–H and O–H groups in total. The summed E-state index contributed by atoms with van der Waals surface area (Å²) < 4.78 is 1.99. The van der Waals surface area contributed by atoms with Crippen LogP contribution in [-0.2, 0) is 12.8 Å². The molecular formula is C15H21N3O. The van der Waals surface area contributed by atoms with E-state index in [1.54, 1.807) is 12.5 Å². The van der Waals surface area contributed by atoms with Gasteiger partial charge >= 0.3 is 0 Å². The number of aromatic nitrogens is 3. The third-order valence-electron chi connectivity index (χ3n) is 3.29. The lowest BCUT2D eigenvalue weighted by Crippen LogP contribution is -2.11. The third kappa shape index (κ3) is 3.20. The van der Waals surface area contributed by atoms with E-state index in [0.717, 1.165) is 17.8 Å².